The van der Waals surface area contributed by atoms with E-state index in [0.29, 0.717) is 6.04 Å². The average Bonchev–Trinajstić information content (AvgIpc) is 2.54. The van der Waals surface area contributed by atoms with Gasteiger partial charge in [0.05, 0.1) is 0 Å². The molecule has 0 saturated heterocycles. The monoisotopic (exact) mass is 322 g/mol. The zero-order chi connectivity index (χ0) is 16.6. The van der Waals surface area contributed by atoms with E-state index in [4.69, 9.17) is 0 Å². The van der Waals surface area contributed by atoms with Crippen molar-refractivity contribution in [3.63, 3.8) is 0 Å². The largest absolute Gasteiger partial charge is 0.370 e. The predicted molar refractivity (Wildman–Crippen MR) is 101 cm³/mol. The Labute approximate surface area is 139 Å². The lowest BCUT2D eigenvalue weighted by Crippen LogP contribution is -2.47. The smallest absolute Gasteiger partial charge is 0.191 e. The van der Waals surface area contributed by atoms with Gasteiger partial charge in [0.2, 0.25) is 0 Å². The molecular formula is C17H30N4S. The van der Waals surface area contributed by atoms with Gasteiger partial charge in [-0.25, -0.2) is 0 Å². The fourth-order valence-electron chi connectivity index (χ4n) is 1.89. The van der Waals surface area contributed by atoms with E-state index in [1.807, 2.05) is 24.9 Å². The molecule has 0 aliphatic heterocycles. The van der Waals surface area contributed by atoms with Crippen LogP contribution in [0.2, 0.25) is 0 Å². The van der Waals surface area contributed by atoms with E-state index in [2.05, 4.69) is 78.9 Å². The molecule has 1 rings (SSSR count). The van der Waals surface area contributed by atoms with Gasteiger partial charge in [-0.15, -0.1) is 0 Å². The molecule has 1 aromatic carbocycles. The molecule has 1 aromatic rings. The van der Waals surface area contributed by atoms with Crippen molar-refractivity contribution < 1.29 is 0 Å². The minimum atomic E-state index is 0.198. The lowest BCUT2D eigenvalue weighted by molar-refractivity contribution is 0.630. The number of anilines is 1. The van der Waals surface area contributed by atoms with Crippen molar-refractivity contribution in [1.82, 2.24) is 10.6 Å². The van der Waals surface area contributed by atoms with Crippen LogP contribution in [0.25, 0.3) is 0 Å². The third-order valence-electron chi connectivity index (χ3n) is 3.85. The summed E-state index contributed by atoms with van der Waals surface area (Å²) in [5.41, 5.74) is 1.23. The van der Waals surface area contributed by atoms with E-state index < -0.39 is 0 Å². The summed E-state index contributed by atoms with van der Waals surface area (Å²) in [4.78, 5) is 6.57. The highest BCUT2D eigenvalue weighted by Gasteiger charge is 2.16. The van der Waals surface area contributed by atoms with Gasteiger partial charge in [-0.1, -0.05) is 18.2 Å². The second-order valence-electron chi connectivity index (χ2n) is 6.07. The Hall–Kier alpha value is -1.36. The van der Waals surface area contributed by atoms with Gasteiger partial charge in [0, 0.05) is 43.7 Å². The van der Waals surface area contributed by atoms with Gasteiger partial charge in [0.25, 0.3) is 0 Å². The third kappa shape index (κ3) is 6.18. The highest BCUT2D eigenvalue weighted by atomic mass is 32.2. The van der Waals surface area contributed by atoms with Crippen LogP contribution in [-0.4, -0.2) is 50.2 Å². The summed E-state index contributed by atoms with van der Waals surface area (Å²) in [5.74, 6) is 0.857. The lowest BCUT2D eigenvalue weighted by Gasteiger charge is -2.28. The van der Waals surface area contributed by atoms with Crippen LogP contribution in [0.4, 0.5) is 5.69 Å². The Morgan fingerprint density at radius 3 is 2.45 bits per heavy atom. The van der Waals surface area contributed by atoms with Crippen LogP contribution in [-0.2, 0) is 0 Å². The summed E-state index contributed by atoms with van der Waals surface area (Å²) >= 11 is 1.85. The fraction of sp³-hybridized carbons (Fsp3) is 0.588. The van der Waals surface area contributed by atoms with Gasteiger partial charge in [-0.2, -0.15) is 11.8 Å². The second-order valence-corrected chi connectivity index (χ2v) is 7.58. The van der Waals surface area contributed by atoms with Crippen LogP contribution in [0.5, 0.6) is 0 Å². The molecule has 0 aromatic heterocycles. The SMILES string of the molecule is CN=C(NCC(C)N(C)c1ccccc1)NCC(C)(C)SC. The van der Waals surface area contributed by atoms with Gasteiger partial charge in [0.1, 0.15) is 0 Å². The number of guanidine groups is 1. The Balaban J connectivity index is 2.46. The number of aliphatic imine (C=N–C) groups is 1. The summed E-state index contributed by atoms with van der Waals surface area (Å²) < 4.78 is 0.198. The van der Waals surface area contributed by atoms with Crippen molar-refractivity contribution >= 4 is 23.4 Å². The molecule has 124 valence electrons. The van der Waals surface area contributed by atoms with Crippen LogP contribution in [0.15, 0.2) is 35.3 Å². The molecule has 5 heteroatoms. The normalized spacial score (nSPS) is 13.6. The van der Waals surface area contributed by atoms with Crippen molar-refractivity contribution in [3.05, 3.63) is 30.3 Å². The van der Waals surface area contributed by atoms with Crippen molar-refractivity contribution in [3.8, 4) is 0 Å². The Bertz CT molecular complexity index is 459. The molecule has 0 bridgehead atoms. The molecule has 0 aliphatic rings. The van der Waals surface area contributed by atoms with Crippen LogP contribution in [0, 0.1) is 0 Å². The number of benzene rings is 1. The molecule has 0 aliphatic carbocycles. The number of hydrogen-bond acceptors (Lipinski definition) is 3. The fourth-order valence-corrected chi connectivity index (χ4v) is 2.10. The molecule has 0 saturated carbocycles. The summed E-state index contributed by atoms with van der Waals surface area (Å²) in [7, 11) is 3.93. The average molecular weight is 323 g/mol. The molecule has 2 N–H and O–H groups in total. The van der Waals surface area contributed by atoms with E-state index >= 15 is 0 Å². The lowest BCUT2D eigenvalue weighted by atomic mass is 10.2. The van der Waals surface area contributed by atoms with Crippen molar-refractivity contribution in [2.45, 2.75) is 31.6 Å². The van der Waals surface area contributed by atoms with Crippen molar-refractivity contribution in [2.24, 2.45) is 4.99 Å². The molecule has 0 amide bonds. The highest BCUT2D eigenvalue weighted by Crippen LogP contribution is 2.19. The minimum absolute atomic E-state index is 0.198. The Morgan fingerprint density at radius 1 is 1.27 bits per heavy atom. The number of likely N-dealkylation sites (N-methyl/N-ethyl adjacent to an activating group) is 1. The molecule has 0 fully saturated rings. The molecule has 1 atom stereocenters. The maximum Gasteiger partial charge on any atom is 0.191 e. The number of thioether (sulfide) groups is 1. The molecule has 0 heterocycles. The van der Waals surface area contributed by atoms with Crippen LogP contribution >= 0.6 is 11.8 Å². The first-order valence-corrected chi connectivity index (χ1v) is 8.89. The van der Waals surface area contributed by atoms with Gasteiger partial charge >= 0.3 is 0 Å². The molecular weight excluding hydrogens is 292 g/mol. The molecule has 22 heavy (non-hydrogen) atoms. The number of hydrogen-bond donors (Lipinski definition) is 2. The van der Waals surface area contributed by atoms with Crippen LogP contribution in [0.1, 0.15) is 20.8 Å². The first-order chi connectivity index (χ1) is 10.4. The first-order valence-electron chi connectivity index (χ1n) is 7.67. The number of rotatable bonds is 7. The summed E-state index contributed by atoms with van der Waals surface area (Å²) in [6.07, 6.45) is 2.13. The van der Waals surface area contributed by atoms with Crippen LogP contribution < -0.4 is 15.5 Å². The molecule has 0 spiro atoms. The molecule has 4 nitrogen and oxygen atoms in total. The quantitative estimate of drug-likeness (QED) is 0.598. The zero-order valence-electron chi connectivity index (χ0n) is 14.7. The van der Waals surface area contributed by atoms with Crippen LogP contribution in [0.3, 0.4) is 0 Å². The van der Waals surface area contributed by atoms with Crippen molar-refractivity contribution in [1.29, 1.82) is 0 Å². The van der Waals surface area contributed by atoms with Gasteiger partial charge in [-0.05, 0) is 39.2 Å². The maximum atomic E-state index is 4.30. The maximum absolute atomic E-state index is 4.30. The summed E-state index contributed by atoms with van der Waals surface area (Å²) in [6.45, 7) is 8.38. The van der Waals surface area contributed by atoms with E-state index in [1.165, 1.54) is 5.69 Å². The van der Waals surface area contributed by atoms with E-state index in [9.17, 15) is 0 Å². The Kier molecular flexibility index (Phi) is 7.59. The van der Waals surface area contributed by atoms with E-state index in [0.717, 1.165) is 19.0 Å². The van der Waals surface area contributed by atoms with E-state index in [-0.39, 0.29) is 4.75 Å². The summed E-state index contributed by atoms with van der Waals surface area (Å²) in [5, 5.41) is 6.80. The molecule has 1 unspecified atom stereocenters. The van der Waals surface area contributed by atoms with Crippen molar-refractivity contribution in [2.75, 3.05) is 38.3 Å². The summed E-state index contributed by atoms with van der Waals surface area (Å²) in [6, 6.07) is 10.8. The number of nitrogens with zero attached hydrogens (tertiary/aromatic N) is 2. The highest BCUT2D eigenvalue weighted by molar-refractivity contribution is 7.99. The number of nitrogens with one attached hydrogen (secondary N) is 2. The van der Waals surface area contributed by atoms with Gasteiger partial charge in [0.15, 0.2) is 5.96 Å². The zero-order valence-corrected chi connectivity index (χ0v) is 15.5. The van der Waals surface area contributed by atoms with E-state index in [1.54, 1.807) is 0 Å². The standard InChI is InChI=1S/C17H30N4S/c1-14(21(5)15-10-8-7-9-11-15)12-19-16(18-4)20-13-17(2,3)22-6/h7-11,14H,12-13H2,1-6H3,(H2,18,19,20). The second kappa shape index (κ2) is 8.93. The minimum Gasteiger partial charge on any atom is -0.370 e. The number of para-hydroxylation sites is 1. The molecule has 0 radical (unpaired) electrons. The Morgan fingerprint density at radius 2 is 1.91 bits per heavy atom. The van der Waals surface area contributed by atoms with Gasteiger partial charge in [-0.3, -0.25) is 4.99 Å². The first kappa shape index (κ1) is 18.7. The topological polar surface area (TPSA) is 39.7 Å². The predicted octanol–water partition coefficient (Wildman–Crippen LogP) is 2.82. The van der Waals surface area contributed by atoms with Gasteiger partial charge < -0.3 is 15.5 Å². The third-order valence-corrected chi connectivity index (χ3v) is 5.10.